The summed E-state index contributed by atoms with van der Waals surface area (Å²) in [5, 5.41) is 0. The van der Waals surface area contributed by atoms with E-state index < -0.39 is 0 Å². The van der Waals surface area contributed by atoms with Crippen molar-refractivity contribution >= 4 is 11.6 Å². The number of hydrogen-bond acceptors (Lipinski definition) is 3. The van der Waals surface area contributed by atoms with Crippen LogP contribution in [0.2, 0.25) is 0 Å². The lowest BCUT2D eigenvalue weighted by atomic mass is 9.82. The van der Waals surface area contributed by atoms with E-state index in [1.807, 2.05) is 32.3 Å². The number of carbonyl (C=O) groups excluding carboxylic acids is 2. The van der Waals surface area contributed by atoms with Gasteiger partial charge < -0.3 is 4.90 Å². The van der Waals surface area contributed by atoms with E-state index in [0.717, 1.165) is 6.42 Å². The number of rotatable bonds is 2. The van der Waals surface area contributed by atoms with Crippen molar-refractivity contribution in [3.8, 4) is 0 Å². The van der Waals surface area contributed by atoms with Gasteiger partial charge in [-0.3, -0.25) is 9.59 Å². The highest BCUT2D eigenvalue weighted by Gasteiger charge is 2.33. The minimum atomic E-state index is -0.215. The normalized spacial score (nSPS) is 26.6. The smallest absolute Gasteiger partial charge is 0.203 e. The van der Waals surface area contributed by atoms with Gasteiger partial charge in [-0.1, -0.05) is 0 Å². The molecule has 0 N–H and O–H groups in total. The molecule has 0 aromatic heterocycles. The van der Waals surface area contributed by atoms with E-state index >= 15 is 0 Å². The molecule has 3 heteroatoms. The van der Waals surface area contributed by atoms with Crippen LogP contribution in [-0.4, -0.2) is 36.6 Å². The predicted molar refractivity (Wildman–Crippen MR) is 50.2 cm³/mol. The fraction of sp³-hybridized carbons (Fsp3) is 0.700. The van der Waals surface area contributed by atoms with E-state index in [0.29, 0.717) is 6.42 Å². The molecule has 1 aliphatic rings. The molecule has 0 heterocycles. The van der Waals surface area contributed by atoms with Gasteiger partial charge in [0.05, 0.1) is 0 Å². The Bertz CT molecular complexity index is 223. The van der Waals surface area contributed by atoms with Gasteiger partial charge in [0, 0.05) is 18.4 Å². The Balaban J connectivity index is 2.68. The van der Waals surface area contributed by atoms with E-state index in [-0.39, 0.29) is 23.5 Å². The highest BCUT2D eigenvalue weighted by molar-refractivity contribution is 6.39. The third-order valence-corrected chi connectivity index (χ3v) is 2.70. The van der Waals surface area contributed by atoms with Gasteiger partial charge in [0.1, 0.15) is 0 Å². The summed E-state index contributed by atoms with van der Waals surface area (Å²) in [5.41, 5.74) is 0. The number of hydrogen-bond donors (Lipinski definition) is 0. The zero-order chi connectivity index (χ0) is 10.0. The van der Waals surface area contributed by atoms with Crippen LogP contribution in [0.1, 0.15) is 19.8 Å². The molecule has 3 nitrogen and oxygen atoms in total. The van der Waals surface area contributed by atoms with Crippen molar-refractivity contribution in [1.29, 1.82) is 0 Å². The summed E-state index contributed by atoms with van der Waals surface area (Å²) in [5.74, 6) is -0.620. The Morgan fingerprint density at radius 2 is 2.08 bits per heavy atom. The topological polar surface area (TPSA) is 37.4 Å². The van der Waals surface area contributed by atoms with Crippen LogP contribution in [0.15, 0.2) is 0 Å². The number of ketones is 2. The first-order chi connectivity index (χ1) is 6.04. The van der Waals surface area contributed by atoms with Crippen molar-refractivity contribution in [3.63, 3.8) is 0 Å². The molecule has 73 valence electrons. The van der Waals surface area contributed by atoms with Crippen molar-refractivity contribution in [2.45, 2.75) is 25.8 Å². The number of carbonyl (C=O) groups is 2. The lowest BCUT2D eigenvalue weighted by molar-refractivity contribution is -0.140. The molecule has 1 rings (SSSR count). The van der Waals surface area contributed by atoms with Gasteiger partial charge in [-0.2, -0.15) is 0 Å². The van der Waals surface area contributed by atoms with Crippen LogP contribution in [0.3, 0.4) is 0 Å². The van der Waals surface area contributed by atoms with Crippen LogP contribution in [0.4, 0.5) is 0 Å². The molecule has 0 bridgehead atoms. The molecule has 2 atom stereocenters. The van der Waals surface area contributed by atoms with Crippen molar-refractivity contribution in [3.05, 3.63) is 6.42 Å². The average Bonchev–Trinajstić information content (AvgIpc) is 2.08. The van der Waals surface area contributed by atoms with E-state index in [1.54, 1.807) is 0 Å². The molecule has 1 aliphatic carbocycles. The summed E-state index contributed by atoms with van der Waals surface area (Å²) in [4.78, 5) is 24.6. The van der Waals surface area contributed by atoms with Gasteiger partial charge in [0.2, 0.25) is 5.78 Å². The fourth-order valence-corrected chi connectivity index (χ4v) is 1.55. The third-order valence-electron chi connectivity index (χ3n) is 2.70. The summed E-state index contributed by atoms with van der Waals surface area (Å²) in [6.45, 7) is 1.97. The molecule has 13 heavy (non-hydrogen) atoms. The first-order valence-corrected chi connectivity index (χ1v) is 4.61. The Morgan fingerprint density at radius 3 is 2.62 bits per heavy atom. The Morgan fingerprint density at radius 1 is 1.46 bits per heavy atom. The Kier molecular flexibility index (Phi) is 3.20. The third kappa shape index (κ3) is 2.15. The second-order valence-electron chi connectivity index (χ2n) is 3.79. The van der Waals surface area contributed by atoms with Crippen molar-refractivity contribution in [2.24, 2.45) is 5.92 Å². The van der Waals surface area contributed by atoms with Gasteiger partial charge in [0.25, 0.3) is 0 Å². The predicted octanol–water partition coefficient (Wildman–Crippen LogP) is 0.689. The molecule has 0 spiro atoms. The second-order valence-corrected chi connectivity index (χ2v) is 3.79. The Labute approximate surface area is 79.1 Å². The standard InChI is InChI=1S/C10H16NO2/c1-7(11(2)3)8-5-4-6-9(12)10(8)13/h5,7-8H,4,6H2,1-3H3. The fourth-order valence-electron chi connectivity index (χ4n) is 1.55. The van der Waals surface area contributed by atoms with E-state index in [4.69, 9.17) is 0 Å². The van der Waals surface area contributed by atoms with E-state index in [9.17, 15) is 9.59 Å². The highest BCUT2D eigenvalue weighted by atomic mass is 16.2. The first kappa shape index (κ1) is 10.4. The molecular formula is C10H16NO2. The molecular weight excluding hydrogens is 166 g/mol. The molecule has 0 aromatic rings. The summed E-state index contributed by atoms with van der Waals surface area (Å²) < 4.78 is 0. The zero-order valence-electron chi connectivity index (χ0n) is 8.41. The number of nitrogens with zero attached hydrogens (tertiary/aromatic N) is 1. The summed E-state index contributed by atoms with van der Waals surface area (Å²) in [6, 6.07) is 0.122. The maximum atomic E-state index is 11.5. The van der Waals surface area contributed by atoms with Gasteiger partial charge in [0.15, 0.2) is 5.78 Å². The van der Waals surface area contributed by atoms with E-state index in [1.165, 1.54) is 0 Å². The monoisotopic (exact) mass is 182 g/mol. The largest absolute Gasteiger partial charge is 0.306 e. The molecule has 1 radical (unpaired) electrons. The average molecular weight is 182 g/mol. The Hall–Kier alpha value is -0.700. The summed E-state index contributed by atoms with van der Waals surface area (Å²) in [7, 11) is 3.84. The van der Waals surface area contributed by atoms with Crippen LogP contribution >= 0.6 is 0 Å². The van der Waals surface area contributed by atoms with E-state index in [2.05, 4.69) is 0 Å². The van der Waals surface area contributed by atoms with Gasteiger partial charge in [-0.25, -0.2) is 0 Å². The maximum Gasteiger partial charge on any atom is 0.203 e. The summed E-state index contributed by atoms with van der Waals surface area (Å²) >= 11 is 0. The second kappa shape index (κ2) is 4.01. The van der Waals surface area contributed by atoms with Crippen LogP contribution < -0.4 is 0 Å². The molecule has 0 saturated heterocycles. The van der Waals surface area contributed by atoms with Crippen molar-refractivity contribution < 1.29 is 9.59 Å². The van der Waals surface area contributed by atoms with Crippen LogP contribution in [0.5, 0.6) is 0 Å². The lowest BCUT2D eigenvalue weighted by Crippen LogP contribution is -2.42. The summed E-state index contributed by atoms with van der Waals surface area (Å²) in [6.07, 6.45) is 3.11. The minimum absolute atomic E-state index is 0.122. The minimum Gasteiger partial charge on any atom is -0.306 e. The van der Waals surface area contributed by atoms with Gasteiger partial charge in [-0.05, 0) is 33.9 Å². The number of Topliss-reactive ketones (excluding diaryl/α,β-unsaturated/α-hetero) is 2. The molecule has 0 aliphatic heterocycles. The first-order valence-electron chi connectivity index (χ1n) is 4.61. The highest BCUT2D eigenvalue weighted by Crippen LogP contribution is 2.22. The molecule has 2 unspecified atom stereocenters. The molecule has 1 saturated carbocycles. The van der Waals surface area contributed by atoms with Crippen molar-refractivity contribution in [2.75, 3.05) is 14.1 Å². The lowest BCUT2D eigenvalue weighted by Gasteiger charge is -2.29. The molecule has 0 aromatic carbocycles. The zero-order valence-corrected chi connectivity index (χ0v) is 8.41. The van der Waals surface area contributed by atoms with Gasteiger partial charge in [-0.15, -0.1) is 0 Å². The SMILES string of the molecule is CC(C1[CH]CCC(=O)C1=O)N(C)C. The van der Waals surface area contributed by atoms with Crippen molar-refractivity contribution in [1.82, 2.24) is 4.90 Å². The van der Waals surface area contributed by atoms with Crippen LogP contribution in [-0.2, 0) is 9.59 Å². The molecule has 0 amide bonds. The molecule has 1 fully saturated rings. The van der Waals surface area contributed by atoms with Gasteiger partial charge >= 0.3 is 0 Å². The van der Waals surface area contributed by atoms with Crippen LogP contribution in [0.25, 0.3) is 0 Å². The quantitative estimate of drug-likeness (QED) is 0.590. The van der Waals surface area contributed by atoms with Crippen LogP contribution in [0, 0.1) is 12.3 Å². The maximum absolute atomic E-state index is 11.5.